The molecule has 4 heterocycles. The SMILES string of the molecule is COCC(F)CN(CCCCc1ccc2c(n1)NCCC2)CCC(Nc1ncnc2cccnc12)C(=O)O. The lowest BCUT2D eigenvalue weighted by Crippen LogP contribution is -2.38. The molecule has 0 aromatic carbocycles. The highest BCUT2D eigenvalue weighted by atomic mass is 19.1. The van der Waals surface area contributed by atoms with E-state index in [2.05, 4.69) is 37.7 Å². The lowest BCUT2D eigenvalue weighted by molar-refractivity contribution is -0.138. The zero-order chi connectivity index (χ0) is 26.7. The molecule has 0 saturated heterocycles. The minimum atomic E-state index is -1.15. The first-order chi connectivity index (χ1) is 18.5. The standard InChI is InChI=1S/C27H36FN7O3/c1-38-17-20(28)16-35(14-3-2-7-21-10-9-19-6-4-13-30-25(19)33-21)15-11-23(27(36)37)34-26-24-22(31-18-32-26)8-5-12-29-24/h5,8-10,12,18,20,23H,2-4,6-7,11,13-17H2,1H3,(H,30,33)(H,36,37)(H,31,32,34). The van der Waals surface area contributed by atoms with Crippen LogP contribution in [0, 0.1) is 0 Å². The van der Waals surface area contributed by atoms with Gasteiger partial charge < -0.3 is 25.4 Å². The number of ether oxygens (including phenoxy) is 1. The topological polar surface area (TPSA) is 125 Å². The normalized spacial score (nSPS) is 14.6. The zero-order valence-corrected chi connectivity index (χ0v) is 21.8. The van der Waals surface area contributed by atoms with E-state index in [0.29, 0.717) is 29.9 Å². The van der Waals surface area contributed by atoms with E-state index in [-0.39, 0.29) is 19.6 Å². The number of halogens is 1. The van der Waals surface area contributed by atoms with Gasteiger partial charge in [-0.15, -0.1) is 0 Å². The van der Waals surface area contributed by atoms with Crippen molar-refractivity contribution in [3.05, 3.63) is 48.0 Å². The number of hydrogen-bond donors (Lipinski definition) is 3. The maximum atomic E-state index is 14.5. The summed E-state index contributed by atoms with van der Waals surface area (Å²) >= 11 is 0. The van der Waals surface area contributed by atoms with Crippen LogP contribution in [0.15, 0.2) is 36.8 Å². The van der Waals surface area contributed by atoms with Gasteiger partial charge in [-0.1, -0.05) is 6.07 Å². The van der Waals surface area contributed by atoms with E-state index in [0.717, 1.165) is 50.2 Å². The summed E-state index contributed by atoms with van der Waals surface area (Å²) in [6, 6.07) is 6.89. The maximum absolute atomic E-state index is 14.5. The van der Waals surface area contributed by atoms with Gasteiger partial charge in [0, 0.05) is 38.6 Å². The van der Waals surface area contributed by atoms with Crippen LogP contribution >= 0.6 is 0 Å². The predicted molar refractivity (Wildman–Crippen MR) is 144 cm³/mol. The first kappa shape index (κ1) is 27.6. The number of carboxylic acids is 1. The molecule has 0 fully saturated rings. The number of nitrogens with one attached hydrogen (secondary N) is 2. The molecule has 3 aromatic heterocycles. The Hall–Kier alpha value is -3.44. The number of unbranched alkanes of at least 4 members (excludes halogenated alkanes) is 1. The Balaban J connectivity index is 1.33. The second-order valence-corrected chi connectivity index (χ2v) is 9.57. The van der Waals surface area contributed by atoms with Crippen molar-refractivity contribution in [2.24, 2.45) is 0 Å². The molecule has 0 saturated carbocycles. The van der Waals surface area contributed by atoms with Crippen LogP contribution in [0.5, 0.6) is 0 Å². The lowest BCUT2D eigenvalue weighted by atomic mass is 10.1. The minimum absolute atomic E-state index is 0.00173. The number of nitrogens with zero attached hydrogens (tertiary/aromatic N) is 5. The molecule has 0 radical (unpaired) electrons. The van der Waals surface area contributed by atoms with Crippen molar-refractivity contribution in [1.82, 2.24) is 24.8 Å². The van der Waals surface area contributed by atoms with Crippen molar-refractivity contribution < 1.29 is 19.0 Å². The number of aryl methyl sites for hydroxylation is 2. The van der Waals surface area contributed by atoms with Crippen molar-refractivity contribution in [2.75, 3.05) is 50.5 Å². The van der Waals surface area contributed by atoms with E-state index in [1.54, 1.807) is 18.3 Å². The molecule has 0 amide bonds. The van der Waals surface area contributed by atoms with Gasteiger partial charge in [-0.2, -0.15) is 0 Å². The number of hydrogen-bond acceptors (Lipinski definition) is 9. The summed E-state index contributed by atoms with van der Waals surface area (Å²) in [4.78, 5) is 31.4. The number of aromatic nitrogens is 4. The fourth-order valence-electron chi connectivity index (χ4n) is 4.69. The molecule has 11 heteroatoms. The monoisotopic (exact) mass is 525 g/mol. The van der Waals surface area contributed by atoms with E-state index in [1.165, 1.54) is 19.0 Å². The van der Waals surface area contributed by atoms with E-state index >= 15 is 0 Å². The average Bonchev–Trinajstić information content (AvgIpc) is 2.93. The summed E-state index contributed by atoms with van der Waals surface area (Å²) in [5, 5.41) is 16.2. The number of fused-ring (bicyclic) bond motifs is 2. The number of carboxylic acid groups (broad SMARTS) is 1. The van der Waals surface area contributed by atoms with Crippen LogP contribution in [0.2, 0.25) is 0 Å². The number of alkyl halides is 1. The molecule has 4 rings (SSSR count). The molecule has 3 aromatic rings. The number of aliphatic carboxylic acids is 1. The predicted octanol–water partition coefficient (Wildman–Crippen LogP) is 3.34. The molecule has 1 aliphatic heterocycles. The Bertz CT molecular complexity index is 1190. The molecule has 204 valence electrons. The zero-order valence-electron chi connectivity index (χ0n) is 21.8. The first-order valence-electron chi connectivity index (χ1n) is 13.2. The van der Waals surface area contributed by atoms with Crippen LogP contribution in [0.3, 0.4) is 0 Å². The fourth-order valence-corrected chi connectivity index (χ4v) is 4.69. The Morgan fingerprint density at radius 1 is 1.24 bits per heavy atom. The summed E-state index contributed by atoms with van der Waals surface area (Å²) in [6.45, 7) is 2.20. The number of anilines is 2. The summed E-state index contributed by atoms with van der Waals surface area (Å²) in [5.74, 6) is 0.354. The summed E-state index contributed by atoms with van der Waals surface area (Å²) < 4.78 is 19.4. The first-order valence-corrected chi connectivity index (χ1v) is 13.2. The molecular formula is C27H36FN7O3. The highest BCUT2D eigenvalue weighted by molar-refractivity contribution is 5.87. The number of rotatable bonds is 15. The van der Waals surface area contributed by atoms with Gasteiger partial charge in [0.25, 0.3) is 0 Å². The quantitative estimate of drug-likeness (QED) is 0.254. The second-order valence-electron chi connectivity index (χ2n) is 9.57. The van der Waals surface area contributed by atoms with Gasteiger partial charge in [0.15, 0.2) is 5.82 Å². The molecule has 3 N–H and O–H groups in total. The van der Waals surface area contributed by atoms with Crippen LogP contribution in [0.4, 0.5) is 16.0 Å². The molecule has 2 atom stereocenters. The van der Waals surface area contributed by atoms with Crippen LogP contribution in [-0.4, -0.2) is 88.0 Å². The molecule has 0 aliphatic carbocycles. The Kier molecular flexibility index (Phi) is 10.1. The van der Waals surface area contributed by atoms with Crippen LogP contribution < -0.4 is 10.6 Å². The molecule has 0 bridgehead atoms. The molecule has 10 nitrogen and oxygen atoms in total. The lowest BCUT2D eigenvalue weighted by Gasteiger charge is -2.26. The van der Waals surface area contributed by atoms with Gasteiger partial charge in [-0.3, -0.25) is 4.98 Å². The van der Waals surface area contributed by atoms with E-state index in [4.69, 9.17) is 9.72 Å². The van der Waals surface area contributed by atoms with Gasteiger partial charge in [0.1, 0.15) is 29.9 Å². The van der Waals surface area contributed by atoms with Crippen molar-refractivity contribution in [3.8, 4) is 0 Å². The third-order valence-corrected chi connectivity index (χ3v) is 6.65. The number of pyridine rings is 2. The number of methoxy groups -OCH3 is 1. The van der Waals surface area contributed by atoms with Gasteiger partial charge in [-0.05, 0) is 68.8 Å². The average molecular weight is 526 g/mol. The van der Waals surface area contributed by atoms with Crippen molar-refractivity contribution in [1.29, 1.82) is 0 Å². The van der Waals surface area contributed by atoms with Crippen LogP contribution in [-0.2, 0) is 22.4 Å². The summed E-state index contributed by atoms with van der Waals surface area (Å²) in [7, 11) is 1.47. The molecule has 1 aliphatic rings. The maximum Gasteiger partial charge on any atom is 0.326 e. The van der Waals surface area contributed by atoms with Crippen molar-refractivity contribution in [2.45, 2.75) is 50.7 Å². The van der Waals surface area contributed by atoms with Gasteiger partial charge in [0.2, 0.25) is 0 Å². The van der Waals surface area contributed by atoms with Gasteiger partial charge in [-0.25, -0.2) is 24.1 Å². The largest absolute Gasteiger partial charge is 0.480 e. The van der Waals surface area contributed by atoms with E-state index < -0.39 is 18.2 Å². The highest BCUT2D eigenvalue weighted by Gasteiger charge is 2.22. The molecule has 38 heavy (non-hydrogen) atoms. The molecule has 0 spiro atoms. The summed E-state index contributed by atoms with van der Waals surface area (Å²) in [5.41, 5.74) is 3.45. The van der Waals surface area contributed by atoms with Crippen LogP contribution in [0.1, 0.15) is 36.9 Å². The third kappa shape index (κ3) is 7.78. The Labute approximate surface area is 222 Å². The number of carbonyl (C=O) groups is 1. The van der Waals surface area contributed by atoms with Crippen molar-refractivity contribution >= 4 is 28.6 Å². The van der Waals surface area contributed by atoms with Gasteiger partial charge >= 0.3 is 5.97 Å². The molecule has 2 unspecified atom stereocenters. The third-order valence-electron chi connectivity index (χ3n) is 6.65. The second kappa shape index (κ2) is 13.9. The Morgan fingerprint density at radius 2 is 2.13 bits per heavy atom. The Morgan fingerprint density at radius 3 is 2.97 bits per heavy atom. The van der Waals surface area contributed by atoms with Gasteiger partial charge in [0.05, 0.1) is 12.1 Å². The fraction of sp³-hybridized carbons (Fsp3) is 0.519. The van der Waals surface area contributed by atoms with E-state index in [1.807, 2.05) is 4.90 Å². The minimum Gasteiger partial charge on any atom is -0.480 e. The molecular weight excluding hydrogens is 489 g/mol. The van der Waals surface area contributed by atoms with Crippen molar-refractivity contribution in [3.63, 3.8) is 0 Å². The van der Waals surface area contributed by atoms with Crippen LogP contribution in [0.25, 0.3) is 11.0 Å². The summed E-state index contributed by atoms with van der Waals surface area (Å²) in [6.07, 6.45) is 6.89. The highest BCUT2D eigenvalue weighted by Crippen LogP contribution is 2.21. The van der Waals surface area contributed by atoms with E-state index in [9.17, 15) is 14.3 Å². The smallest absolute Gasteiger partial charge is 0.326 e.